The van der Waals surface area contributed by atoms with Crippen molar-refractivity contribution in [1.82, 2.24) is 4.90 Å². The number of amides is 1. The van der Waals surface area contributed by atoms with E-state index in [-0.39, 0.29) is 18.0 Å². The van der Waals surface area contributed by atoms with E-state index in [1.165, 1.54) is 0 Å². The van der Waals surface area contributed by atoms with Gasteiger partial charge in [-0.2, -0.15) is 0 Å². The van der Waals surface area contributed by atoms with Gasteiger partial charge in [0.15, 0.2) is 6.29 Å². The summed E-state index contributed by atoms with van der Waals surface area (Å²) in [6, 6.07) is 6.73. The number of carbonyl (C=O) groups is 1. The number of hydrogen-bond acceptors (Lipinski definition) is 5. The van der Waals surface area contributed by atoms with Gasteiger partial charge in [-0.05, 0) is 31.9 Å². The number of hydrogen-bond donors (Lipinski definition) is 1. The molecular weight excluding hydrogens is 344 g/mol. The van der Waals surface area contributed by atoms with Gasteiger partial charge in [0, 0.05) is 19.0 Å². The van der Waals surface area contributed by atoms with Crippen LogP contribution in [0.4, 0.5) is 5.69 Å². The van der Waals surface area contributed by atoms with Crippen LogP contribution in [0, 0.1) is 5.92 Å². The van der Waals surface area contributed by atoms with Crippen LogP contribution in [-0.4, -0.2) is 57.6 Å². The molecule has 2 aliphatic rings. The van der Waals surface area contributed by atoms with Gasteiger partial charge >= 0.3 is 0 Å². The summed E-state index contributed by atoms with van der Waals surface area (Å²) in [7, 11) is -3.43. The summed E-state index contributed by atoms with van der Waals surface area (Å²) in [5.74, 6) is 0.115. The monoisotopic (exact) mass is 368 g/mol. The molecule has 0 bridgehead atoms. The number of sulfonamides is 1. The van der Waals surface area contributed by atoms with E-state index in [9.17, 15) is 13.2 Å². The highest BCUT2D eigenvalue weighted by atomic mass is 32.2. The zero-order chi connectivity index (χ0) is 17.9. The highest BCUT2D eigenvalue weighted by molar-refractivity contribution is 7.92. The Morgan fingerprint density at radius 2 is 1.84 bits per heavy atom. The molecule has 7 nitrogen and oxygen atoms in total. The Hall–Kier alpha value is -1.64. The van der Waals surface area contributed by atoms with Crippen LogP contribution in [0.2, 0.25) is 0 Å². The fourth-order valence-electron chi connectivity index (χ4n) is 3.19. The molecule has 0 aliphatic carbocycles. The number of benzene rings is 1. The van der Waals surface area contributed by atoms with Crippen LogP contribution in [0.5, 0.6) is 0 Å². The van der Waals surface area contributed by atoms with E-state index in [2.05, 4.69) is 4.72 Å². The third-order valence-corrected chi connectivity index (χ3v) is 5.95. The van der Waals surface area contributed by atoms with Crippen molar-refractivity contribution < 1.29 is 22.7 Å². The summed E-state index contributed by atoms with van der Waals surface area (Å²) in [6.45, 7) is 4.05. The van der Waals surface area contributed by atoms with Gasteiger partial charge in [-0.25, -0.2) is 8.42 Å². The van der Waals surface area contributed by atoms with Crippen LogP contribution >= 0.6 is 0 Å². The minimum absolute atomic E-state index is 0.0394. The van der Waals surface area contributed by atoms with Crippen LogP contribution in [0.3, 0.4) is 0 Å². The molecule has 138 valence electrons. The average molecular weight is 368 g/mol. The van der Waals surface area contributed by atoms with E-state index in [0.29, 0.717) is 43.5 Å². The van der Waals surface area contributed by atoms with Gasteiger partial charge in [-0.3, -0.25) is 9.52 Å². The van der Waals surface area contributed by atoms with E-state index < -0.39 is 10.0 Å². The van der Waals surface area contributed by atoms with E-state index >= 15 is 0 Å². The molecule has 0 radical (unpaired) electrons. The summed E-state index contributed by atoms with van der Waals surface area (Å²) in [5, 5.41) is 0. The van der Waals surface area contributed by atoms with Crippen molar-refractivity contribution in [3.8, 4) is 0 Å². The zero-order valence-electron chi connectivity index (χ0n) is 14.3. The summed E-state index contributed by atoms with van der Waals surface area (Å²) < 4.78 is 37.3. The molecule has 0 spiro atoms. The Kier molecular flexibility index (Phi) is 5.61. The maximum atomic E-state index is 12.9. The molecule has 1 aromatic rings. The van der Waals surface area contributed by atoms with Crippen molar-refractivity contribution in [2.24, 2.45) is 5.92 Å². The smallest absolute Gasteiger partial charge is 0.255 e. The first kappa shape index (κ1) is 18.2. The molecule has 2 fully saturated rings. The molecule has 8 heteroatoms. The molecule has 1 N–H and O–H groups in total. The van der Waals surface area contributed by atoms with Crippen molar-refractivity contribution in [2.45, 2.75) is 26.1 Å². The number of piperidine rings is 1. The number of nitrogens with zero attached hydrogens (tertiary/aromatic N) is 1. The van der Waals surface area contributed by atoms with Crippen molar-refractivity contribution in [2.75, 3.05) is 36.8 Å². The number of nitrogens with one attached hydrogen (secondary N) is 1. The molecule has 2 saturated heterocycles. The summed E-state index contributed by atoms with van der Waals surface area (Å²) in [5.41, 5.74) is 0.713. The van der Waals surface area contributed by atoms with Gasteiger partial charge in [-0.15, -0.1) is 0 Å². The second-order valence-electron chi connectivity index (χ2n) is 6.29. The van der Waals surface area contributed by atoms with Crippen molar-refractivity contribution in [1.29, 1.82) is 0 Å². The lowest BCUT2D eigenvalue weighted by Crippen LogP contribution is -2.41. The minimum Gasteiger partial charge on any atom is -0.350 e. The predicted molar refractivity (Wildman–Crippen MR) is 93.8 cm³/mol. The fourth-order valence-corrected chi connectivity index (χ4v) is 3.85. The number of anilines is 1. The lowest BCUT2D eigenvalue weighted by Gasteiger charge is -2.34. The van der Waals surface area contributed by atoms with E-state index in [1.54, 1.807) is 36.1 Å². The number of carbonyl (C=O) groups excluding carboxylic acids is 1. The molecule has 1 amide bonds. The van der Waals surface area contributed by atoms with Gasteiger partial charge in [0.05, 0.1) is 30.2 Å². The molecular formula is C17H24N2O5S. The molecule has 0 atom stereocenters. The molecule has 1 aromatic carbocycles. The van der Waals surface area contributed by atoms with Gasteiger partial charge in [-0.1, -0.05) is 12.1 Å². The predicted octanol–water partition coefficient (Wildman–Crippen LogP) is 1.67. The van der Waals surface area contributed by atoms with E-state index in [4.69, 9.17) is 9.47 Å². The minimum atomic E-state index is -3.43. The lowest BCUT2D eigenvalue weighted by molar-refractivity contribution is -0.0956. The third kappa shape index (κ3) is 4.31. The zero-order valence-corrected chi connectivity index (χ0v) is 15.1. The number of likely N-dealkylation sites (tertiary alicyclic amines) is 1. The second-order valence-corrected chi connectivity index (χ2v) is 8.30. The second kappa shape index (κ2) is 7.72. The molecule has 2 heterocycles. The average Bonchev–Trinajstić information content (AvgIpc) is 3.16. The summed E-state index contributed by atoms with van der Waals surface area (Å²) in [4.78, 5) is 14.6. The topological polar surface area (TPSA) is 84.9 Å². The van der Waals surface area contributed by atoms with Crippen LogP contribution < -0.4 is 4.72 Å². The molecule has 0 unspecified atom stereocenters. The quantitative estimate of drug-likeness (QED) is 0.855. The highest BCUT2D eigenvalue weighted by Crippen LogP contribution is 2.27. The van der Waals surface area contributed by atoms with Crippen LogP contribution in [0.25, 0.3) is 0 Å². The van der Waals surface area contributed by atoms with Crippen LogP contribution in [-0.2, 0) is 19.5 Å². The lowest BCUT2D eigenvalue weighted by atomic mass is 9.95. The molecule has 25 heavy (non-hydrogen) atoms. The Balaban J connectivity index is 1.67. The first-order valence-corrected chi connectivity index (χ1v) is 10.3. The van der Waals surface area contributed by atoms with E-state index in [1.807, 2.05) is 0 Å². The first-order valence-electron chi connectivity index (χ1n) is 8.62. The molecule has 0 saturated carbocycles. The Labute approximate surface area is 148 Å². The van der Waals surface area contributed by atoms with Gasteiger partial charge in [0.2, 0.25) is 10.0 Å². The maximum absolute atomic E-state index is 12.9. The number of ether oxygens (including phenoxy) is 2. The Morgan fingerprint density at radius 3 is 2.48 bits per heavy atom. The standard InChI is InChI=1S/C17H24N2O5S/c1-2-25(21,22)18-15-6-4-3-5-14(15)16(20)19-9-7-13(8-10-19)17-23-11-12-24-17/h3-6,13,17-18H,2,7-12H2,1H3. The first-order chi connectivity index (χ1) is 12.0. The largest absolute Gasteiger partial charge is 0.350 e. The fraction of sp³-hybridized carbons (Fsp3) is 0.588. The maximum Gasteiger partial charge on any atom is 0.255 e. The van der Waals surface area contributed by atoms with Crippen molar-refractivity contribution in [3.05, 3.63) is 29.8 Å². The molecule has 2 aliphatic heterocycles. The summed E-state index contributed by atoms with van der Waals surface area (Å²) in [6.07, 6.45) is 1.49. The Bertz CT molecular complexity index is 708. The SMILES string of the molecule is CCS(=O)(=O)Nc1ccccc1C(=O)N1CCC(C2OCCO2)CC1. The number of para-hydroxylation sites is 1. The molecule has 3 rings (SSSR count). The van der Waals surface area contributed by atoms with Crippen molar-refractivity contribution in [3.63, 3.8) is 0 Å². The highest BCUT2D eigenvalue weighted by Gasteiger charge is 2.32. The Morgan fingerprint density at radius 1 is 1.20 bits per heavy atom. The molecule has 0 aromatic heterocycles. The van der Waals surface area contributed by atoms with Gasteiger partial charge < -0.3 is 14.4 Å². The van der Waals surface area contributed by atoms with Gasteiger partial charge in [0.1, 0.15) is 0 Å². The van der Waals surface area contributed by atoms with Crippen LogP contribution in [0.15, 0.2) is 24.3 Å². The number of rotatable bonds is 5. The van der Waals surface area contributed by atoms with Crippen LogP contribution in [0.1, 0.15) is 30.1 Å². The summed E-state index contributed by atoms with van der Waals surface area (Å²) >= 11 is 0. The van der Waals surface area contributed by atoms with E-state index in [0.717, 1.165) is 12.8 Å². The van der Waals surface area contributed by atoms with Gasteiger partial charge in [0.25, 0.3) is 5.91 Å². The normalized spacial score (nSPS) is 20.0. The van der Waals surface area contributed by atoms with Crippen molar-refractivity contribution >= 4 is 21.6 Å². The third-order valence-electron chi connectivity index (χ3n) is 4.66.